The molecule has 0 aliphatic heterocycles. The van der Waals surface area contributed by atoms with Crippen LogP contribution in [-0.2, 0) is 0 Å². The molecule has 3 heteroatoms. The zero-order chi connectivity index (χ0) is 14.1. The van der Waals surface area contributed by atoms with E-state index in [2.05, 4.69) is 15.9 Å². The molecule has 0 bridgehead atoms. The Hall–Kier alpha value is -1.87. The summed E-state index contributed by atoms with van der Waals surface area (Å²) in [6, 6.07) is 16.6. The largest absolute Gasteiger partial charge is 0.495 e. The van der Waals surface area contributed by atoms with Crippen molar-refractivity contribution in [3.63, 3.8) is 0 Å². The average Bonchev–Trinajstić information content (AvgIpc) is 2.48. The number of hydrogen-bond donors (Lipinski definition) is 0. The minimum atomic E-state index is -0.256. The van der Waals surface area contributed by atoms with Gasteiger partial charge in [0, 0.05) is 11.1 Å². The lowest BCUT2D eigenvalue weighted by atomic mass is 9.99. The SMILES string of the molecule is COc1c(-c2ccccc2F)cc2ccccc2c1Br. The molecule has 0 saturated heterocycles. The molecule has 0 aromatic heterocycles. The van der Waals surface area contributed by atoms with E-state index in [1.54, 1.807) is 19.2 Å². The summed E-state index contributed by atoms with van der Waals surface area (Å²) < 4.78 is 20.4. The van der Waals surface area contributed by atoms with E-state index in [1.165, 1.54) is 6.07 Å². The van der Waals surface area contributed by atoms with E-state index in [1.807, 2.05) is 36.4 Å². The molecule has 0 aliphatic rings. The maximum Gasteiger partial charge on any atom is 0.141 e. The summed E-state index contributed by atoms with van der Waals surface area (Å²) >= 11 is 3.57. The van der Waals surface area contributed by atoms with Gasteiger partial charge in [-0.2, -0.15) is 0 Å². The Morgan fingerprint density at radius 1 is 0.950 bits per heavy atom. The van der Waals surface area contributed by atoms with Crippen molar-refractivity contribution < 1.29 is 9.13 Å². The van der Waals surface area contributed by atoms with Crippen LogP contribution in [-0.4, -0.2) is 7.11 Å². The smallest absolute Gasteiger partial charge is 0.141 e. The first kappa shape index (κ1) is 13.1. The molecule has 0 saturated carbocycles. The van der Waals surface area contributed by atoms with Crippen molar-refractivity contribution in [2.45, 2.75) is 0 Å². The third kappa shape index (κ3) is 2.08. The van der Waals surface area contributed by atoms with Crippen molar-refractivity contribution in [1.29, 1.82) is 0 Å². The number of halogens is 2. The predicted octanol–water partition coefficient (Wildman–Crippen LogP) is 5.42. The fourth-order valence-corrected chi connectivity index (χ4v) is 3.10. The molecule has 100 valence electrons. The molecule has 0 fully saturated rings. The minimum Gasteiger partial charge on any atom is -0.495 e. The molecule has 0 heterocycles. The monoisotopic (exact) mass is 330 g/mol. The van der Waals surface area contributed by atoms with Crippen LogP contribution in [0.4, 0.5) is 4.39 Å². The molecule has 0 spiro atoms. The third-order valence-electron chi connectivity index (χ3n) is 3.31. The molecule has 0 N–H and O–H groups in total. The van der Waals surface area contributed by atoms with Crippen LogP contribution in [0.1, 0.15) is 0 Å². The van der Waals surface area contributed by atoms with Gasteiger partial charge in [-0.25, -0.2) is 4.39 Å². The van der Waals surface area contributed by atoms with Gasteiger partial charge >= 0.3 is 0 Å². The standard InChI is InChI=1S/C17H12BrFO/c1-20-17-14(13-8-4-5-9-15(13)19)10-11-6-2-3-7-12(11)16(17)18/h2-10H,1H3. The second kappa shape index (κ2) is 5.25. The molecule has 0 radical (unpaired) electrons. The van der Waals surface area contributed by atoms with Crippen LogP contribution in [0, 0.1) is 5.82 Å². The van der Waals surface area contributed by atoms with Crippen molar-refractivity contribution >= 4 is 26.7 Å². The summed E-state index contributed by atoms with van der Waals surface area (Å²) in [6.45, 7) is 0. The summed E-state index contributed by atoms with van der Waals surface area (Å²) in [5, 5.41) is 2.09. The Bertz CT molecular complexity index is 783. The van der Waals surface area contributed by atoms with Crippen LogP contribution in [0.2, 0.25) is 0 Å². The summed E-state index contributed by atoms with van der Waals surface area (Å²) in [5.74, 6) is 0.391. The molecule has 0 amide bonds. The number of ether oxygens (including phenoxy) is 1. The van der Waals surface area contributed by atoms with Crippen LogP contribution in [0.25, 0.3) is 21.9 Å². The lowest BCUT2D eigenvalue weighted by molar-refractivity contribution is 0.414. The Kier molecular flexibility index (Phi) is 3.45. The van der Waals surface area contributed by atoms with Gasteiger partial charge in [0.05, 0.1) is 11.6 Å². The highest BCUT2D eigenvalue weighted by atomic mass is 79.9. The Labute approximate surface area is 125 Å². The molecular weight excluding hydrogens is 319 g/mol. The zero-order valence-corrected chi connectivity index (χ0v) is 12.4. The second-order valence-electron chi connectivity index (χ2n) is 4.47. The van der Waals surface area contributed by atoms with Gasteiger partial charge in [-0.1, -0.05) is 42.5 Å². The van der Waals surface area contributed by atoms with Crippen LogP contribution in [0.15, 0.2) is 59.1 Å². The first-order chi connectivity index (χ1) is 9.72. The molecule has 0 unspecified atom stereocenters. The number of hydrogen-bond acceptors (Lipinski definition) is 1. The topological polar surface area (TPSA) is 9.23 Å². The van der Waals surface area contributed by atoms with Gasteiger partial charge in [0.1, 0.15) is 11.6 Å². The van der Waals surface area contributed by atoms with Crippen molar-refractivity contribution in [2.24, 2.45) is 0 Å². The number of methoxy groups -OCH3 is 1. The average molecular weight is 331 g/mol. The lowest BCUT2D eigenvalue weighted by Gasteiger charge is -2.14. The van der Waals surface area contributed by atoms with E-state index in [4.69, 9.17) is 4.74 Å². The van der Waals surface area contributed by atoms with E-state index in [-0.39, 0.29) is 5.82 Å². The maximum atomic E-state index is 14.1. The summed E-state index contributed by atoms with van der Waals surface area (Å²) in [5.41, 5.74) is 1.28. The molecule has 0 aliphatic carbocycles. The number of rotatable bonds is 2. The molecule has 0 atom stereocenters. The molecule has 1 nitrogen and oxygen atoms in total. The lowest BCUT2D eigenvalue weighted by Crippen LogP contribution is -1.93. The Morgan fingerprint density at radius 3 is 2.40 bits per heavy atom. The third-order valence-corrected chi connectivity index (χ3v) is 4.10. The molecular formula is C17H12BrFO. The van der Waals surface area contributed by atoms with Gasteiger partial charge < -0.3 is 4.74 Å². The number of benzene rings is 3. The van der Waals surface area contributed by atoms with Crippen molar-refractivity contribution in [3.8, 4) is 16.9 Å². The number of fused-ring (bicyclic) bond motifs is 1. The van der Waals surface area contributed by atoms with Gasteiger partial charge in [-0.3, -0.25) is 0 Å². The summed E-state index contributed by atoms with van der Waals surface area (Å²) in [6.07, 6.45) is 0. The van der Waals surface area contributed by atoms with Gasteiger partial charge in [0.25, 0.3) is 0 Å². The van der Waals surface area contributed by atoms with Crippen molar-refractivity contribution in [2.75, 3.05) is 7.11 Å². The van der Waals surface area contributed by atoms with E-state index >= 15 is 0 Å². The summed E-state index contributed by atoms with van der Waals surface area (Å²) in [4.78, 5) is 0. The van der Waals surface area contributed by atoms with Crippen LogP contribution >= 0.6 is 15.9 Å². The minimum absolute atomic E-state index is 0.256. The van der Waals surface area contributed by atoms with Crippen LogP contribution in [0.3, 0.4) is 0 Å². The van der Waals surface area contributed by atoms with E-state index in [9.17, 15) is 4.39 Å². The zero-order valence-electron chi connectivity index (χ0n) is 10.9. The fourth-order valence-electron chi connectivity index (χ4n) is 2.36. The summed E-state index contributed by atoms with van der Waals surface area (Å²) in [7, 11) is 1.60. The van der Waals surface area contributed by atoms with Gasteiger partial charge in [-0.15, -0.1) is 0 Å². The normalized spacial score (nSPS) is 10.8. The van der Waals surface area contributed by atoms with Gasteiger partial charge in [0.2, 0.25) is 0 Å². The molecule has 3 aromatic rings. The Balaban J connectivity index is 2.38. The highest BCUT2D eigenvalue weighted by Crippen LogP contribution is 2.42. The maximum absolute atomic E-state index is 14.1. The van der Waals surface area contributed by atoms with E-state index in [0.29, 0.717) is 11.3 Å². The highest BCUT2D eigenvalue weighted by molar-refractivity contribution is 9.10. The fraction of sp³-hybridized carbons (Fsp3) is 0.0588. The highest BCUT2D eigenvalue weighted by Gasteiger charge is 2.15. The first-order valence-corrected chi connectivity index (χ1v) is 7.02. The first-order valence-electron chi connectivity index (χ1n) is 6.22. The molecule has 20 heavy (non-hydrogen) atoms. The molecule has 3 aromatic carbocycles. The van der Waals surface area contributed by atoms with Crippen LogP contribution < -0.4 is 4.74 Å². The predicted molar refractivity (Wildman–Crippen MR) is 83.6 cm³/mol. The Morgan fingerprint density at radius 2 is 1.65 bits per heavy atom. The van der Waals surface area contributed by atoms with E-state index in [0.717, 1.165) is 20.8 Å². The second-order valence-corrected chi connectivity index (χ2v) is 5.27. The molecule has 3 rings (SSSR count). The quantitative estimate of drug-likeness (QED) is 0.609. The van der Waals surface area contributed by atoms with Crippen LogP contribution in [0.5, 0.6) is 5.75 Å². The van der Waals surface area contributed by atoms with Gasteiger partial charge in [0.15, 0.2) is 0 Å². The van der Waals surface area contributed by atoms with Gasteiger partial charge in [-0.05, 0) is 38.8 Å². The van der Waals surface area contributed by atoms with Crippen molar-refractivity contribution in [3.05, 3.63) is 64.9 Å². The van der Waals surface area contributed by atoms with E-state index < -0.39 is 0 Å². The van der Waals surface area contributed by atoms with Crippen molar-refractivity contribution in [1.82, 2.24) is 0 Å².